The molecule has 0 amide bonds. The number of rotatable bonds is 8. The Balaban J connectivity index is 0.890. The van der Waals surface area contributed by atoms with Crippen LogP contribution in [0, 0.1) is 0 Å². The zero-order chi connectivity index (χ0) is 68.2. The van der Waals surface area contributed by atoms with Crippen LogP contribution in [0.5, 0.6) is 11.5 Å². The van der Waals surface area contributed by atoms with Crippen LogP contribution in [0.2, 0.25) is 0 Å². The summed E-state index contributed by atoms with van der Waals surface area (Å²) >= 11 is 0. The van der Waals surface area contributed by atoms with E-state index in [4.69, 9.17) is 4.74 Å². The molecule has 0 radical (unpaired) electrons. The summed E-state index contributed by atoms with van der Waals surface area (Å²) < 4.78 is 7.48. The van der Waals surface area contributed by atoms with Crippen molar-refractivity contribution >= 4 is 132 Å². The summed E-state index contributed by atoms with van der Waals surface area (Å²) in [5.41, 5.74) is 33.8. The normalized spacial score (nSPS) is 14.0. The maximum absolute atomic E-state index is 7.48. The van der Waals surface area contributed by atoms with Crippen LogP contribution in [-0.2, 0) is 10.8 Å². The van der Waals surface area contributed by atoms with Crippen molar-refractivity contribution in [3.8, 4) is 33.8 Å². The van der Waals surface area contributed by atoms with Gasteiger partial charge in [0.15, 0.2) is 0 Å². The van der Waals surface area contributed by atoms with E-state index in [1.807, 2.05) is 0 Å². The van der Waals surface area contributed by atoms with Crippen LogP contribution >= 0.6 is 0 Å². The predicted molar refractivity (Wildman–Crippen MR) is 431 cm³/mol. The van der Waals surface area contributed by atoms with Crippen LogP contribution in [-0.4, -0.2) is 13.4 Å². The maximum atomic E-state index is 7.48. The molecule has 15 aromatic carbocycles. The first-order chi connectivity index (χ1) is 50.8. The molecule has 21 rings (SSSR count). The van der Waals surface area contributed by atoms with Crippen LogP contribution in [0.4, 0.5) is 85.3 Å². The Morgan fingerprint density at radius 3 is 1.25 bits per heavy atom. The highest BCUT2D eigenvalue weighted by Gasteiger charge is 2.56. The van der Waals surface area contributed by atoms with Crippen LogP contribution in [0.15, 0.2) is 352 Å². The van der Waals surface area contributed by atoms with E-state index < -0.39 is 5.41 Å². The van der Waals surface area contributed by atoms with Gasteiger partial charge in [0.1, 0.15) is 11.5 Å². The van der Waals surface area contributed by atoms with Crippen molar-refractivity contribution in [1.82, 2.24) is 0 Å². The number of hydrogen-bond acceptors (Lipinski definition) is 6. The van der Waals surface area contributed by atoms with E-state index in [9.17, 15) is 0 Å². The van der Waals surface area contributed by atoms with Crippen molar-refractivity contribution in [2.24, 2.45) is 0 Å². The van der Waals surface area contributed by atoms with Gasteiger partial charge in [-0.25, -0.2) is 0 Å². The first-order valence-corrected chi connectivity index (χ1v) is 36.0. The van der Waals surface area contributed by atoms with Crippen molar-refractivity contribution in [2.75, 3.05) is 24.5 Å². The molecule has 8 heteroatoms. The van der Waals surface area contributed by atoms with Crippen LogP contribution in [0.3, 0.4) is 0 Å². The molecule has 484 valence electrons. The molecule has 1 spiro atoms. The highest BCUT2D eigenvalue weighted by atomic mass is 16.5. The number of para-hydroxylation sites is 8. The second kappa shape index (κ2) is 22.6. The molecule has 6 nitrogen and oxygen atoms in total. The minimum absolute atomic E-state index is 0.155. The van der Waals surface area contributed by atoms with Gasteiger partial charge in [0.2, 0.25) is 0 Å². The molecule has 0 aromatic heterocycles. The summed E-state index contributed by atoms with van der Waals surface area (Å²) in [5.74, 6) is 1.67. The van der Waals surface area contributed by atoms with Gasteiger partial charge in [-0.3, -0.25) is 0 Å². The average Bonchev–Trinajstić information content (AvgIpc) is 1.63. The molecule has 0 fully saturated rings. The number of fused-ring (bicyclic) bond motifs is 17. The van der Waals surface area contributed by atoms with Crippen molar-refractivity contribution in [3.05, 3.63) is 380 Å². The largest absolute Gasteiger partial charge is 0.458 e. The molecule has 0 bridgehead atoms. The van der Waals surface area contributed by atoms with Gasteiger partial charge >= 0.3 is 0 Å². The number of benzene rings is 15. The second-order valence-electron chi connectivity index (χ2n) is 29.1. The zero-order valence-electron chi connectivity index (χ0n) is 57.3. The van der Waals surface area contributed by atoms with E-state index in [-0.39, 0.29) is 18.8 Å². The fraction of sp³-hybridized carbons (Fsp3) is 0.0526. The van der Waals surface area contributed by atoms with Gasteiger partial charge in [-0.1, -0.05) is 257 Å². The smallest absolute Gasteiger partial charge is 0.256 e. The van der Waals surface area contributed by atoms with Gasteiger partial charge in [-0.05, 0) is 192 Å². The second-order valence-corrected chi connectivity index (χ2v) is 29.1. The minimum atomic E-state index is -0.855. The van der Waals surface area contributed by atoms with E-state index in [0.29, 0.717) is 0 Å². The first kappa shape index (κ1) is 59.1. The minimum Gasteiger partial charge on any atom is -0.458 e. The topological polar surface area (TPSA) is 25.4 Å². The third-order valence-electron chi connectivity index (χ3n) is 22.5. The molecule has 5 heterocycles. The molecule has 1 aliphatic carbocycles. The van der Waals surface area contributed by atoms with E-state index in [0.717, 1.165) is 102 Å². The lowest BCUT2D eigenvalue weighted by Gasteiger charge is -2.49. The van der Waals surface area contributed by atoms with E-state index in [1.54, 1.807) is 0 Å². The van der Waals surface area contributed by atoms with Crippen LogP contribution in [0.1, 0.15) is 48.6 Å². The predicted octanol–water partition coefficient (Wildman–Crippen LogP) is 20.8. The van der Waals surface area contributed by atoms with Crippen molar-refractivity contribution < 1.29 is 4.74 Å². The lowest BCUT2D eigenvalue weighted by Crippen LogP contribution is -2.62. The monoisotopic (exact) mass is 1320 g/mol. The van der Waals surface area contributed by atoms with Gasteiger partial charge in [-0.15, -0.1) is 0 Å². The number of nitrogens with zero attached hydrogens (tertiary/aromatic N) is 5. The quantitative estimate of drug-likeness (QED) is 0.141. The third-order valence-corrected chi connectivity index (χ3v) is 22.5. The zero-order valence-corrected chi connectivity index (χ0v) is 57.3. The molecule has 0 saturated heterocycles. The van der Waals surface area contributed by atoms with E-state index >= 15 is 0 Å². The van der Waals surface area contributed by atoms with Gasteiger partial charge < -0.3 is 29.2 Å². The van der Waals surface area contributed by atoms with Crippen molar-refractivity contribution in [1.29, 1.82) is 0 Å². The highest BCUT2D eigenvalue weighted by molar-refractivity contribution is 7.01. The lowest BCUT2D eigenvalue weighted by molar-refractivity contribution is 0.487. The fourth-order valence-electron chi connectivity index (χ4n) is 18.3. The summed E-state index contributed by atoms with van der Waals surface area (Å²) in [4.78, 5) is 12.7. The van der Waals surface area contributed by atoms with Gasteiger partial charge in [-0.2, -0.15) is 0 Å². The Hall–Kier alpha value is -12.8. The highest BCUT2D eigenvalue weighted by Crippen LogP contribution is 2.65. The van der Waals surface area contributed by atoms with Crippen molar-refractivity contribution in [3.63, 3.8) is 0 Å². The maximum Gasteiger partial charge on any atom is 0.256 e. The Kier molecular flexibility index (Phi) is 13.0. The number of ether oxygens (including phenoxy) is 1. The molecule has 5 aliphatic heterocycles. The third kappa shape index (κ3) is 8.65. The molecule has 6 aliphatic rings. The van der Waals surface area contributed by atoms with Gasteiger partial charge in [0.25, 0.3) is 13.4 Å². The van der Waals surface area contributed by atoms with E-state index in [2.05, 4.69) is 397 Å². The fourth-order valence-corrected chi connectivity index (χ4v) is 18.3. The molecule has 0 atom stereocenters. The Morgan fingerprint density at radius 1 is 0.291 bits per heavy atom. The molecular formula is C95H67B2N5O. The summed E-state index contributed by atoms with van der Waals surface area (Å²) in [6, 6.07) is 132. The number of hydrogen-bond donors (Lipinski definition) is 0. The standard InChI is InChI=1S/C95H67B2N5O/c1-94(2,3)63-54-87-92-88(55-63)101(67-40-18-8-19-41-67)85-60-83-75(58-79(85)96(92)77-49-27-30-52-82(77)99(87)65-36-14-6-15-37-65)95(73-47-25-22-45-71(73)72-46-23-26-48-74(72)95)76-59-80-86(61-84(76)100(83)66-38-16-7-17-39-66)102(68-42-20-9-21-43-68)89-56-69(57-91-93(89)97(80)78-50-28-31-53-90(78)103-91)98(64-34-12-5-13-35-64)81-51-29-24-44-70(81)62-32-10-4-11-33-62/h4-61H,1-3H3. The molecular weight excluding hydrogens is 1250 g/mol. The summed E-state index contributed by atoms with van der Waals surface area (Å²) in [6.07, 6.45) is 0. The van der Waals surface area contributed by atoms with E-state index in [1.165, 1.54) is 77.9 Å². The van der Waals surface area contributed by atoms with Crippen LogP contribution in [0.25, 0.3) is 22.3 Å². The average molecular weight is 1320 g/mol. The molecule has 0 unspecified atom stereocenters. The summed E-state index contributed by atoms with van der Waals surface area (Å²) in [7, 11) is 0. The first-order valence-electron chi connectivity index (χ1n) is 36.0. The molecule has 15 aromatic rings. The van der Waals surface area contributed by atoms with Gasteiger partial charge in [0, 0.05) is 74.2 Å². The van der Waals surface area contributed by atoms with Gasteiger partial charge in [0.05, 0.1) is 28.2 Å². The summed E-state index contributed by atoms with van der Waals surface area (Å²) in [5, 5.41) is 0. The Labute approximate surface area is 602 Å². The Bertz CT molecular complexity index is 5900. The SMILES string of the molecule is CC(C)(C)c1cc2c3c(c1)N(c1ccccc1)c1cc4c(cc1B3c1ccccc1N2c1ccccc1)C1(c2ccccc2-c2ccccc21)c1cc2c(cc1N4c1ccccc1)N(c1ccccc1)c1cc(N(c3ccccc3)c3ccccc3-c3ccccc3)cc3c1B2c1ccccc1O3. The number of anilines is 15. The molecule has 0 saturated carbocycles. The summed E-state index contributed by atoms with van der Waals surface area (Å²) in [6.45, 7) is 6.67. The Morgan fingerprint density at radius 2 is 0.709 bits per heavy atom. The molecule has 0 N–H and O–H groups in total. The van der Waals surface area contributed by atoms with Crippen molar-refractivity contribution in [2.45, 2.75) is 31.6 Å². The van der Waals surface area contributed by atoms with Crippen LogP contribution < -0.4 is 62.0 Å². The molecule has 103 heavy (non-hydrogen) atoms. The lowest BCUT2D eigenvalue weighted by atomic mass is 9.33.